The lowest BCUT2D eigenvalue weighted by Crippen LogP contribution is -2.10. The van der Waals surface area contributed by atoms with E-state index in [2.05, 4.69) is 9.97 Å². The lowest BCUT2D eigenvalue weighted by Gasteiger charge is -2.14. The van der Waals surface area contributed by atoms with Crippen molar-refractivity contribution in [3.8, 4) is 5.88 Å². The van der Waals surface area contributed by atoms with Crippen molar-refractivity contribution in [2.45, 2.75) is 33.1 Å². The third-order valence-corrected chi connectivity index (χ3v) is 3.65. The van der Waals surface area contributed by atoms with E-state index in [4.69, 9.17) is 16.3 Å². The highest BCUT2D eigenvalue weighted by atomic mass is 35.5. The molecule has 0 fully saturated rings. The van der Waals surface area contributed by atoms with Crippen LogP contribution < -0.4 is 4.74 Å². The fraction of sp³-hybridized carbons (Fsp3) is 0.353. The van der Waals surface area contributed by atoms with Gasteiger partial charge in [0.1, 0.15) is 0 Å². The minimum atomic E-state index is 0.158. The van der Waals surface area contributed by atoms with Gasteiger partial charge in [-0.3, -0.25) is 4.79 Å². The maximum atomic E-state index is 11.0. The molecule has 1 aromatic heterocycles. The van der Waals surface area contributed by atoms with Crippen molar-refractivity contribution < 1.29 is 9.53 Å². The number of halogens is 1. The lowest BCUT2D eigenvalue weighted by atomic mass is 10.0. The Morgan fingerprint density at radius 3 is 2.64 bits per heavy atom. The predicted molar refractivity (Wildman–Crippen MR) is 86.8 cm³/mol. The van der Waals surface area contributed by atoms with Crippen LogP contribution in [0.5, 0.6) is 5.88 Å². The van der Waals surface area contributed by atoms with E-state index in [1.165, 1.54) is 0 Å². The van der Waals surface area contributed by atoms with Gasteiger partial charge in [0.05, 0.1) is 12.3 Å². The van der Waals surface area contributed by atoms with Gasteiger partial charge < -0.3 is 4.74 Å². The molecule has 2 aromatic rings. The predicted octanol–water partition coefficient (Wildman–Crippen LogP) is 3.88. The quantitative estimate of drug-likeness (QED) is 0.727. The maximum Gasteiger partial charge on any atom is 0.220 e. The van der Waals surface area contributed by atoms with Gasteiger partial charge in [0.25, 0.3) is 0 Å². The van der Waals surface area contributed by atoms with Crippen molar-refractivity contribution in [2.75, 3.05) is 6.61 Å². The van der Waals surface area contributed by atoms with E-state index in [0.717, 1.165) is 23.2 Å². The molecule has 1 heterocycles. The van der Waals surface area contributed by atoms with Crippen LogP contribution in [0.3, 0.4) is 0 Å². The topological polar surface area (TPSA) is 52.1 Å². The van der Waals surface area contributed by atoms with Gasteiger partial charge in [-0.25, -0.2) is 4.98 Å². The Morgan fingerprint density at radius 2 is 2.00 bits per heavy atom. The highest BCUT2D eigenvalue weighted by Crippen LogP contribution is 2.26. The second-order valence-electron chi connectivity index (χ2n) is 4.90. The molecule has 22 heavy (non-hydrogen) atoms. The maximum absolute atomic E-state index is 11.0. The first-order chi connectivity index (χ1) is 10.7. The third kappa shape index (κ3) is 3.83. The molecule has 0 saturated heterocycles. The molecular formula is C17H19ClN2O2. The third-order valence-electron chi connectivity index (χ3n) is 3.28. The Kier molecular flexibility index (Phi) is 5.90. The van der Waals surface area contributed by atoms with E-state index in [1.54, 1.807) is 0 Å². The van der Waals surface area contributed by atoms with Gasteiger partial charge in [-0.05, 0) is 24.5 Å². The van der Waals surface area contributed by atoms with Crippen LogP contribution in [0.4, 0.5) is 0 Å². The summed E-state index contributed by atoms with van der Waals surface area (Å²) in [5.74, 6) is 0.640. The molecule has 0 saturated carbocycles. The van der Waals surface area contributed by atoms with Gasteiger partial charge in [0, 0.05) is 17.0 Å². The Labute approximate surface area is 135 Å². The van der Waals surface area contributed by atoms with Crippen LogP contribution in [-0.4, -0.2) is 22.9 Å². The van der Waals surface area contributed by atoms with Crippen LogP contribution >= 0.6 is 11.6 Å². The molecule has 0 radical (unpaired) electrons. The van der Waals surface area contributed by atoms with Crippen molar-refractivity contribution in [1.82, 2.24) is 9.97 Å². The van der Waals surface area contributed by atoms with Crippen LogP contribution in [0, 0.1) is 0 Å². The molecule has 4 nitrogen and oxygen atoms in total. The monoisotopic (exact) mass is 318 g/mol. The standard InChI is InChI=1S/C17H19ClN2O2/c1-3-9-22-17-13(10-12-7-5-6-8-14(12)18)15(4-2)19-16(11-21)20-17/h5-8,11H,3-4,9-10H2,1-2H3. The first-order valence-corrected chi connectivity index (χ1v) is 7.78. The summed E-state index contributed by atoms with van der Waals surface area (Å²) >= 11 is 6.25. The number of carbonyl (C=O) groups is 1. The average Bonchev–Trinajstić information content (AvgIpc) is 2.55. The number of aryl methyl sites for hydroxylation is 1. The van der Waals surface area contributed by atoms with Gasteiger partial charge in [-0.15, -0.1) is 0 Å². The molecule has 5 heteroatoms. The number of ether oxygens (including phenoxy) is 1. The molecule has 0 bridgehead atoms. The summed E-state index contributed by atoms with van der Waals surface area (Å²) in [4.78, 5) is 19.5. The molecule has 0 N–H and O–H groups in total. The zero-order chi connectivity index (χ0) is 15.9. The fourth-order valence-electron chi connectivity index (χ4n) is 2.20. The molecule has 0 aliphatic carbocycles. The molecule has 1 aromatic carbocycles. The molecule has 0 aliphatic heterocycles. The summed E-state index contributed by atoms with van der Waals surface area (Å²) in [5, 5.41) is 0.699. The van der Waals surface area contributed by atoms with E-state index >= 15 is 0 Å². The molecule has 0 spiro atoms. The summed E-state index contributed by atoms with van der Waals surface area (Å²) in [6.45, 7) is 4.57. The fourth-order valence-corrected chi connectivity index (χ4v) is 2.40. The van der Waals surface area contributed by atoms with Crippen molar-refractivity contribution in [2.24, 2.45) is 0 Å². The van der Waals surface area contributed by atoms with Crippen molar-refractivity contribution in [3.63, 3.8) is 0 Å². The van der Waals surface area contributed by atoms with Crippen molar-refractivity contribution in [3.05, 3.63) is 51.9 Å². The second kappa shape index (κ2) is 7.90. The van der Waals surface area contributed by atoms with Gasteiger partial charge in [-0.2, -0.15) is 4.98 Å². The van der Waals surface area contributed by atoms with Crippen LogP contribution in [0.2, 0.25) is 5.02 Å². The molecule has 0 amide bonds. The summed E-state index contributed by atoms with van der Waals surface area (Å²) in [6, 6.07) is 7.67. The number of hydrogen-bond acceptors (Lipinski definition) is 4. The molecular weight excluding hydrogens is 300 g/mol. The van der Waals surface area contributed by atoms with Crippen molar-refractivity contribution >= 4 is 17.9 Å². The Morgan fingerprint density at radius 1 is 1.23 bits per heavy atom. The van der Waals surface area contributed by atoms with E-state index in [-0.39, 0.29) is 5.82 Å². The number of carbonyl (C=O) groups excluding carboxylic acids is 1. The van der Waals surface area contributed by atoms with Gasteiger partial charge in [0.15, 0.2) is 12.1 Å². The van der Waals surface area contributed by atoms with Crippen LogP contribution in [0.15, 0.2) is 24.3 Å². The number of rotatable bonds is 7. The van der Waals surface area contributed by atoms with Crippen LogP contribution in [0.25, 0.3) is 0 Å². The molecule has 0 aliphatic rings. The highest BCUT2D eigenvalue weighted by Gasteiger charge is 2.16. The molecule has 116 valence electrons. The van der Waals surface area contributed by atoms with E-state index in [9.17, 15) is 4.79 Å². The van der Waals surface area contributed by atoms with E-state index in [0.29, 0.717) is 36.6 Å². The van der Waals surface area contributed by atoms with E-state index in [1.807, 2.05) is 38.1 Å². The number of nitrogens with zero attached hydrogens (tertiary/aromatic N) is 2. The number of aromatic nitrogens is 2. The zero-order valence-electron chi connectivity index (χ0n) is 12.8. The lowest BCUT2D eigenvalue weighted by molar-refractivity contribution is 0.111. The van der Waals surface area contributed by atoms with Gasteiger partial charge >= 0.3 is 0 Å². The Bertz CT molecular complexity index is 659. The molecule has 0 unspecified atom stereocenters. The van der Waals surface area contributed by atoms with Gasteiger partial charge in [0.2, 0.25) is 5.88 Å². The van der Waals surface area contributed by atoms with Gasteiger partial charge in [-0.1, -0.05) is 43.6 Å². The van der Waals surface area contributed by atoms with Crippen molar-refractivity contribution in [1.29, 1.82) is 0 Å². The van der Waals surface area contributed by atoms with E-state index < -0.39 is 0 Å². The Hall–Kier alpha value is -1.94. The first kappa shape index (κ1) is 16.4. The highest BCUT2D eigenvalue weighted by molar-refractivity contribution is 6.31. The van der Waals surface area contributed by atoms with Crippen LogP contribution in [0.1, 0.15) is 47.7 Å². The number of benzene rings is 1. The summed E-state index contributed by atoms with van der Waals surface area (Å²) in [7, 11) is 0. The largest absolute Gasteiger partial charge is 0.477 e. The summed E-state index contributed by atoms with van der Waals surface area (Å²) in [6.07, 6.45) is 2.80. The smallest absolute Gasteiger partial charge is 0.220 e. The zero-order valence-corrected chi connectivity index (χ0v) is 13.6. The SMILES string of the molecule is CCCOc1nc(C=O)nc(CC)c1Cc1ccccc1Cl. The normalized spacial score (nSPS) is 10.5. The van der Waals surface area contributed by atoms with Crippen LogP contribution in [-0.2, 0) is 12.8 Å². The first-order valence-electron chi connectivity index (χ1n) is 7.40. The summed E-state index contributed by atoms with van der Waals surface area (Å²) in [5.41, 5.74) is 2.71. The minimum absolute atomic E-state index is 0.158. The minimum Gasteiger partial charge on any atom is -0.477 e. The summed E-state index contributed by atoms with van der Waals surface area (Å²) < 4.78 is 5.73. The Balaban J connectivity index is 2.46. The number of hydrogen-bond donors (Lipinski definition) is 0. The molecule has 0 atom stereocenters. The molecule has 2 rings (SSSR count). The average molecular weight is 319 g/mol. The second-order valence-corrected chi connectivity index (χ2v) is 5.31. The number of aldehydes is 1.